The van der Waals surface area contributed by atoms with Crippen LogP contribution in [0.5, 0.6) is 17.2 Å². The van der Waals surface area contributed by atoms with Crippen molar-refractivity contribution in [2.24, 2.45) is 5.41 Å². The molecule has 0 unspecified atom stereocenters. The average molecular weight is 281 g/mol. The van der Waals surface area contributed by atoms with Crippen molar-refractivity contribution in [3.05, 3.63) is 17.7 Å². The first-order valence-electron chi connectivity index (χ1n) is 6.69. The van der Waals surface area contributed by atoms with Crippen LogP contribution in [0.3, 0.4) is 0 Å². The van der Waals surface area contributed by atoms with E-state index in [0.29, 0.717) is 6.54 Å². The molecule has 0 spiro atoms. The van der Waals surface area contributed by atoms with E-state index in [4.69, 9.17) is 18.9 Å². The molecule has 1 fully saturated rings. The minimum atomic E-state index is 0.243. The number of methoxy groups -OCH3 is 3. The Morgan fingerprint density at radius 3 is 2.10 bits per heavy atom. The quantitative estimate of drug-likeness (QED) is 0.826. The summed E-state index contributed by atoms with van der Waals surface area (Å²) in [6.45, 7) is 5.44. The molecule has 2 rings (SSSR count). The summed E-state index contributed by atoms with van der Waals surface area (Å²) in [4.78, 5) is 0. The second-order valence-electron chi connectivity index (χ2n) is 5.42. The van der Waals surface area contributed by atoms with Gasteiger partial charge in [-0.1, -0.05) is 6.92 Å². The highest BCUT2D eigenvalue weighted by atomic mass is 16.5. The molecule has 0 saturated carbocycles. The van der Waals surface area contributed by atoms with Crippen LogP contribution in [0.1, 0.15) is 12.5 Å². The number of hydrogen-bond donors (Lipinski definition) is 1. The van der Waals surface area contributed by atoms with Gasteiger partial charge in [0.1, 0.15) is 17.2 Å². The maximum absolute atomic E-state index is 5.43. The van der Waals surface area contributed by atoms with Crippen molar-refractivity contribution in [2.75, 3.05) is 41.1 Å². The summed E-state index contributed by atoms with van der Waals surface area (Å²) in [5, 5.41) is 3.45. The minimum Gasteiger partial charge on any atom is -0.496 e. The number of hydrogen-bond acceptors (Lipinski definition) is 5. The van der Waals surface area contributed by atoms with Gasteiger partial charge < -0.3 is 24.3 Å². The summed E-state index contributed by atoms with van der Waals surface area (Å²) < 4.78 is 21.4. The Morgan fingerprint density at radius 1 is 1.10 bits per heavy atom. The van der Waals surface area contributed by atoms with Crippen molar-refractivity contribution < 1.29 is 18.9 Å². The van der Waals surface area contributed by atoms with Crippen LogP contribution >= 0.6 is 0 Å². The van der Waals surface area contributed by atoms with E-state index in [2.05, 4.69) is 12.2 Å². The number of benzene rings is 1. The third kappa shape index (κ3) is 3.16. The Morgan fingerprint density at radius 2 is 1.70 bits per heavy atom. The second-order valence-corrected chi connectivity index (χ2v) is 5.42. The highest BCUT2D eigenvalue weighted by Gasteiger charge is 2.32. The smallest absolute Gasteiger partial charge is 0.130 e. The van der Waals surface area contributed by atoms with E-state index in [1.165, 1.54) is 0 Å². The molecule has 1 aliphatic heterocycles. The van der Waals surface area contributed by atoms with Gasteiger partial charge in [-0.2, -0.15) is 0 Å². The third-order valence-corrected chi connectivity index (χ3v) is 3.57. The fraction of sp³-hybridized carbons (Fsp3) is 0.600. The van der Waals surface area contributed by atoms with Crippen LogP contribution in [-0.4, -0.2) is 41.1 Å². The lowest BCUT2D eigenvalue weighted by Gasteiger charge is -2.38. The molecular formula is C15H23NO4. The largest absolute Gasteiger partial charge is 0.496 e. The minimum absolute atomic E-state index is 0.243. The average Bonchev–Trinajstić information content (AvgIpc) is 2.45. The number of nitrogens with one attached hydrogen (secondary N) is 1. The van der Waals surface area contributed by atoms with Crippen molar-refractivity contribution in [1.29, 1.82) is 0 Å². The first-order chi connectivity index (χ1) is 9.61. The lowest BCUT2D eigenvalue weighted by Crippen LogP contribution is -2.47. The summed E-state index contributed by atoms with van der Waals surface area (Å²) in [7, 11) is 4.93. The number of ether oxygens (including phenoxy) is 4. The molecule has 1 heterocycles. The summed E-state index contributed by atoms with van der Waals surface area (Å²) in [6, 6.07) is 3.74. The van der Waals surface area contributed by atoms with E-state index in [0.717, 1.165) is 42.6 Å². The fourth-order valence-corrected chi connectivity index (χ4v) is 2.29. The summed E-state index contributed by atoms with van der Waals surface area (Å²) in [5.74, 6) is 2.26. The molecule has 1 N–H and O–H groups in total. The molecule has 5 heteroatoms. The molecule has 5 nitrogen and oxygen atoms in total. The van der Waals surface area contributed by atoms with Crippen LogP contribution in [0.25, 0.3) is 0 Å². The van der Waals surface area contributed by atoms with Crippen LogP contribution in [-0.2, 0) is 11.3 Å². The molecule has 20 heavy (non-hydrogen) atoms. The molecule has 0 aromatic heterocycles. The van der Waals surface area contributed by atoms with Crippen molar-refractivity contribution in [3.63, 3.8) is 0 Å². The molecule has 112 valence electrons. The topological polar surface area (TPSA) is 49.0 Å². The SMILES string of the molecule is COc1cc(OC)c(CNCC2(C)COC2)c(OC)c1. The molecule has 1 aliphatic rings. The molecule has 1 aromatic carbocycles. The van der Waals surface area contributed by atoms with E-state index in [9.17, 15) is 0 Å². The van der Waals surface area contributed by atoms with Gasteiger partial charge in [0, 0.05) is 30.6 Å². The molecular weight excluding hydrogens is 258 g/mol. The molecule has 0 radical (unpaired) electrons. The van der Waals surface area contributed by atoms with Crippen molar-refractivity contribution in [2.45, 2.75) is 13.5 Å². The van der Waals surface area contributed by atoms with Gasteiger partial charge in [-0.05, 0) is 0 Å². The van der Waals surface area contributed by atoms with Crippen LogP contribution in [0.2, 0.25) is 0 Å². The summed E-state index contributed by atoms with van der Waals surface area (Å²) >= 11 is 0. The highest BCUT2D eigenvalue weighted by Crippen LogP contribution is 2.34. The van der Waals surface area contributed by atoms with Crippen LogP contribution in [0, 0.1) is 5.41 Å². The van der Waals surface area contributed by atoms with Crippen LogP contribution in [0.4, 0.5) is 0 Å². The van der Waals surface area contributed by atoms with Crippen LogP contribution < -0.4 is 19.5 Å². The van der Waals surface area contributed by atoms with Crippen molar-refractivity contribution in [1.82, 2.24) is 5.32 Å². The zero-order chi connectivity index (χ0) is 14.6. The Hall–Kier alpha value is -1.46. The zero-order valence-corrected chi connectivity index (χ0v) is 12.6. The van der Waals surface area contributed by atoms with Gasteiger partial charge in [0.2, 0.25) is 0 Å². The predicted octanol–water partition coefficient (Wildman–Crippen LogP) is 1.84. The van der Waals surface area contributed by atoms with Crippen LogP contribution in [0.15, 0.2) is 12.1 Å². The predicted molar refractivity (Wildman–Crippen MR) is 76.7 cm³/mol. The monoisotopic (exact) mass is 281 g/mol. The maximum Gasteiger partial charge on any atom is 0.130 e. The van der Waals surface area contributed by atoms with Crippen molar-refractivity contribution in [3.8, 4) is 17.2 Å². The van der Waals surface area contributed by atoms with Gasteiger partial charge in [-0.15, -0.1) is 0 Å². The highest BCUT2D eigenvalue weighted by molar-refractivity contribution is 5.50. The molecule has 0 aliphatic carbocycles. The Bertz CT molecular complexity index is 432. The Kier molecular flexibility index (Phi) is 4.73. The van der Waals surface area contributed by atoms with Gasteiger partial charge in [-0.25, -0.2) is 0 Å². The van der Waals surface area contributed by atoms with Gasteiger partial charge >= 0.3 is 0 Å². The summed E-state index contributed by atoms with van der Waals surface area (Å²) in [6.07, 6.45) is 0. The lowest BCUT2D eigenvalue weighted by atomic mass is 9.89. The molecule has 1 saturated heterocycles. The first-order valence-corrected chi connectivity index (χ1v) is 6.69. The van der Waals surface area contributed by atoms with E-state index in [1.807, 2.05) is 12.1 Å². The van der Waals surface area contributed by atoms with E-state index in [-0.39, 0.29) is 5.41 Å². The van der Waals surface area contributed by atoms with Gasteiger partial charge in [0.05, 0.1) is 40.1 Å². The molecule has 0 atom stereocenters. The first kappa shape index (κ1) is 14.9. The molecule has 1 aromatic rings. The second kappa shape index (κ2) is 6.33. The van der Waals surface area contributed by atoms with Gasteiger partial charge in [-0.3, -0.25) is 0 Å². The summed E-state index contributed by atoms with van der Waals surface area (Å²) in [5.41, 5.74) is 1.24. The van der Waals surface area contributed by atoms with E-state index < -0.39 is 0 Å². The third-order valence-electron chi connectivity index (χ3n) is 3.57. The zero-order valence-electron chi connectivity index (χ0n) is 12.6. The Labute approximate surface area is 120 Å². The van der Waals surface area contributed by atoms with Crippen molar-refractivity contribution >= 4 is 0 Å². The molecule has 0 bridgehead atoms. The van der Waals surface area contributed by atoms with Gasteiger partial charge in [0.25, 0.3) is 0 Å². The standard InChI is InChI=1S/C15H23NO4/c1-15(9-20-10-15)8-16-7-12-13(18-3)5-11(17-2)6-14(12)19-4/h5-6,16H,7-10H2,1-4H3. The normalized spacial score (nSPS) is 16.4. The van der Waals surface area contributed by atoms with E-state index >= 15 is 0 Å². The fourth-order valence-electron chi connectivity index (χ4n) is 2.29. The van der Waals surface area contributed by atoms with E-state index in [1.54, 1.807) is 21.3 Å². The molecule has 0 amide bonds. The maximum atomic E-state index is 5.43. The number of rotatable bonds is 7. The Balaban J connectivity index is 2.08. The van der Waals surface area contributed by atoms with Gasteiger partial charge in [0.15, 0.2) is 0 Å². The lowest BCUT2D eigenvalue weighted by molar-refractivity contribution is -0.0991.